The van der Waals surface area contributed by atoms with Gasteiger partial charge in [-0.25, -0.2) is 4.99 Å². The highest BCUT2D eigenvalue weighted by molar-refractivity contribution is 6.19. The van der Waals surface area contributed by atoms with Gasteiger partial charge in [-0.2, -0.15) is 0 Å². The maximum absolute atomic E-state index is 5.71. The summed E-state index contributed by atoms with van der Waals surface area (Å²) in [6.07, 6.45) is 14.0. The number of aromatic nitrogens is 1. The van der Waals surface area contributed by atoms with Gasteiger partial charge in [0.25, 0.3) is 0 Å². The summed E-state index contributed by atoms with van der Waals surface area (Å²) in [6, 6.07) is 39.4. The first-order valence-corrected chi connectivity index (χ1v) is 23.5. The molecule has 1 fully saturated rings. The van der Waals surface area contributed by atoms with E-state index >= 15 is 0 Å². The van der Waals surface area contributed by atoms with Crippen LogP contribution in [0.3, 0.4) is 0 Å². The summed E-state index contributed by atoms with van der Waals surface area (Å²) >= 11 is 0. The average Bonchev–Trinajstić information content (AvgIpc) is 3.86. The Morgan fingerprint density at radius 1 is 0.525 bits per heavy atom. The van der Waals surface area contributed by atoms with Crippen molar-refractivity contribution in [3.63, 3.8) is 0 Å². The fourth-order valence-corrected chi connectivity index (χ4v) is 9.25. The number of nitrogens with zero attached hydrogens (tertiary/aromatic N) is 1. The standard InChI is InChI=1S/C59H74N2/c1-56(2,3)45-30-22-41(23-31-45)50-38-52(43-26-34-47(35-27-43)58(7,8)9)60-54(50)49(21-17-16-20-40-18-14-13-15-19-40)55-51(42-24-32-46(33-25-42)57(4,5)6)39-53(61-55)44-28-36-48(37-29-44)59(10,11)12/h22-40,60H,13-21H2,1-12H3/b55-49-. The Kier molecular flexibility index (Phi) is 12.8. The number of aliphatic imine (C=N–C) groups is 1. The summed E-state index contributed by atoms with van der Waals surface area (Å²) in [5.74, 6) is 0.874. The monoisotopic (exact) mass is 811 g/mol. The van der Waals surface area contributed by atoms with Gasteiger partial charge in [0.2, 0.25) is 0 Å². The van der Waals surface area contributed by atoms with E-state index in [1.54, 1.807) is 0 Å². The second-order valence-corrected chi connectivity index (χ2v) is 22.4. The van der Waals surface area contributed by atoms with Crippen molar-refractivity contribution in [3.8, 4) is 22.4 Å². The number of rotatable bonds is 10. The lowest BCUT2D eigenvalue weighted by molar-refractivity contribution is 0.330. The molecule has 1 N–H and O–H groups in total. The topological polar surface area (TPSA) is 28.1 Å². The number of unbranched alkanes of at least 4 members (excludes halogenated alkanes) is 1. The zero-order chi connectivity index (χ0) is 43.7. The van der Waals surface area contributed by atoms with Crippen LogP contribution in [0.5, 0.6) is 0 Å². The fourth-order valence-electron chi connectivity index (χ4n) is 9.25. The summed E-state index contributed by atoms with van der Waals surface area (Å²) in [6.45, 7) is 27.5. The predicted molar refractivity (Wildman–Crippen MR) is 266 cm³/mol. The summed E-state index contributed by atoms with van der Waals surface area (Å²) in [4.78, 5) is 9.80. The molecule has 5 aromatic rings. The van der Waals surface area contributed by atoms with Crippen molar-refractivity contribution >= 4 is 16.9 Å². The molecule has 0 unspecified atom stereocenters. The molecule has 2 heterocycles. The number of hydrogen-bond donors (Lipinski definition) is 1. The van der Waals surface area contributed by atoms with Crippen molar-refractivity contribution < 1.29 is 0 Å². The molecular weight excluding hydrogens is 737 g/mol. The van der Waals surface area contributed by atoms with E-state index in [0.717, 1.165) is 41.4 Å². The van der Waals surface area contributed by atoms with Crippen molar-refractivity contribution in [1.29, 1.82) is 0 Å². The molecule has 0 radical (unpaired) electrons. The van der Waals surface area contributed by atoms with Gasteiger partial charge in [-0.15, -0.1) is 0 Å². The van der Waals surface area contributed by atoms with E-state index in [-0.39, 0.29) is 21.7 Å². The second-order valence-electron chi connectivity index (χ2n) is 22.4. The lowest BCUT2D eigenvalue weighted by Crippen LogP contribution is -2.11. The third-order valence-corrected chi connectivity index (χ3v) is 13.4. The van der Waals surface area contributed by atoms with Crippen LogP contribution >= 0.6 is 0 Å². The summed E-state index contributed by atoms with van der Waals surface area (Å²) in [5, 5.41) is 0. The molecule has 61 heavy (non-hydrogen) atoms. The van der Waals surface area contributed by atoms with E-state index in [1.165, 1.54) is 106 Å². The zero-order valence-corrected chi connectivity index (χ0v) is 39.8. The summed E-state index contributed by atoms with van der Waals surface area (Å²) in [5.41, 5.74) is 18.7. The Labute approximate surface area is 370 Å². The molecule has 0 amide bonds. The van der Waals surface area contributed by atoms with Crippen LogP contribution in [0.2, 0.25) is 0 Å². The molecule has 320 valence electrons. The highest BCUT2D eigenvalue weighted by Crippen LogP contribution is 2.44. The molecule has 2 nitrogen and oxygen atoms in total. The number of hydrogen-bond acceptors (Lipinski definition) is 1. The molecule has 2 heteroatoms. The Morgan fingerprint density at radius 2 is 0.967 bits per heavy atom. The molecule has 1 saturated carbocycles. The minimum Gasteiger partial charge on any atom is -0.354 e. The van der Waals surface area contributed by atoms with Gasteiger partial charge < -0.3 is 4.98 Å². The zero-order valence-electron chi connectivity index (χ0n) is 39.8. The molecule has 0 atom stereocenters. The normalized spacial score (nSPS) is 16.5. The maximum atomic E-state index is 5.71. The molecule has 1 aliphatic heterocycles. The van der Waals surface area contributed by atoms with E-state index in [4.69, 9.17) is 4.99 Å². The predicted octanol–water partition coefficient (Wildman–Crippen LogP) is 17.0. The van der Waals surface area contributed by atoms with Crippen molar-refractivity contribution in [2.45, 2.75) is 163 Å². The molecule has 2 aliphatic rings. The molecule has 0 bridgehead atoms. The van der Waals surface area contributed by atoms with Crippen LogP contribution < -0.4 is 0 Å². The van der Waals surface area contributed by atoms with Gasteiger partial charge in [0.15, 0.2) is 0 Å². The second kappa shape index (κ2) is 17.6. The molecule has 0 saturated heterocycles. The van der Waals surface area contributed by atoms with E-state index < -0.39 is 0 Å². The molecular formula is C59H74N2. The average molecular weight is 811 g/mol. The molecule has 1 aromatic heterocycles. The number of nitrogens with one attached hydrogen (secondary N) is 1. The van der Waals surface area contributed by atoms with Crippen molar-refractivity contribution in [3.05, 3.63) is 154 Å². The Morgan fingerprint density at radius 3 is 1.44 bits per heavy atom. The summed E-state index contributed by atoms with van der Waals surface area (Å²) < 4.78 is 0. The van der Waals surface area contributed by atoms with Crippen molar-refractivity contribution in [1.82, 2.24) is 4.98 Å². The summed E-state index contributed by atoms with van der Waals surface area (Å²) in [7, 11) is 0. The van der Waals surface area contributed by atoms with E-state index in [9.17, 15) is 0 Å². The van der Waals surface area contributed by atoms with Crippen molar-refractivity contribution in [2.75, 3.05) is 0 Å². The third kappa shape index (κ3) is 10.5. The van der Waals surface area contributed by atoms with E-state index in [0.29, 0.717) is 0 Å². The smallest absolute Gasteiger partial charge is 0.0769 e. The number of aromatic amines is 1. The minimum absolute atomic E-state index is 0.0738. The third-order valence-electron chi connectivity index (χ3n) is 13.4. The van der Waals surface area contributed by atoms with Gasteiger partial charge >= 0.3 is 0 Å². The molecule has 4 aromatic carbocycles. The molecule has 1 aliphatic carbocycles. The first kappa shape index (κ1) is 44.4. The number of H-pyrrole nitrogens is 1. The van der Waals surface area contributed by atoms with Crippen LogP contribution in [0.15, 0.2) is 120 Å². The lowest BCUT2D eigenvalue weighted by atomic mass is 9.84. The first-order valence-electron chi connectivity index (χ1n) is 23.5. The van der Waals surface area contributed by atoms with Crippen LogP contribution in [-0.4, -0.2) is 10.7 Å². The van der Waals surface area contributed by atoms with Crippen LogP contribution in [-0.2, 0) is 21.7 Å². The largest absolute Gasteiger partial charge is 0.354 e. The van der Waals surface area contributed by atoms with Gasteiger partial charge in [0, 0.05) is 28.0 Å². The number of allylic oxidation sites excluding steroid dienone is 3. The van der Waals surface area contributed by atoms with Crippen molar-refractivity contribution in [2.24, 2.45) is 10.9 Å². The Hall–Kier alpha value is -4.69. The molecule has 0 spiro atoms. The van der Waals surface area contributed by atoms with Crippen LogP contribution in [0, 0.1) is 5.92 Å². The highest BCUT2D eigenvalue weighted by Gasteiger charge is 2.27. The maximum Gasteiger partial charge on any atom is 0.0769 e. The van der Waals surface area contributed by atoms with Crippen LogP contribution in [0.1, 0.15) is 180 Å². The Balaban J connectivity index is 1.43. The molecule has 7 rings (SSSR count). The lowest BCUT2D eigenvalue weighted by Gasteiger charge is -2.22. The van der Waals surface area contributed by atoms with Crippen LogP contribution in [0.25, 0.3) is 33.5 Å². The number of benzene rings is 4. The van der Waals surface area contributed by atoms with E-state index in [1.807, 2.05) is 0 Å². The van der Waals surface area contributed by atoms with E-state index in [2.05, 4.69) is 197 Å². The van der Waals surface area contributed by atoms with Gasteiger partial charge in [-0.3, -0.25) is 0 Å². The Bertz CT molecular complexity index is 2360. The van der Waals surface area contributed by atoms with Gasteiger partial charge in [0.1, 0.15) is 0 Å². The highest BCUT2D eigenvalue weighted by atomic mass is 14.8. The quantitative estimate of drug-likeness (QED) is 0.136. The van der Waals surface area contributed by atoms with Gasteiger partial charge in [-0.05, 0) is 91.5 Å². The first-order chi connectivity index (χ1) is 28.8. The van der Waals surface area contributed by atoms with Crippen LogP contribution in [0.4, 0.5) is 0 Å². The fraction of sp³-hybridized carbons (Fsp3) is 0.441. The van der Waals surface area contributed by atoms with Gasteiger partial charge in [-0.1, -0.05) is 225 Å². The van der Waals surface area contributed by atoms with Gasteiger partial charge in [0.05, 0.1) is 17.1 Å². The SMILES string of the molecule is CC(C)(C)c1ccc(C2=CC(c3ccc(C(C)(C)C)cc3)=N/C2=C(/CCCCC2CCCCC2)c2[nH]c(-c3ccc(C(C)(C)C)cc3)cc2-c2ccc(C(C)(C)C)cc2)cc1. The minimum atomic E-state index is 0.0738.